The Labute approximate surface area is 177 Å². The molecule has 0 aliphatic heterocycles. The van der Waals surface area contributed by atoms with E-state index in [9.17, 15) is 14.0 Å². The van der Waals surface area contributed by atoms with Crippen molar-refractivity contribution in [3.05, 3.63) is 63.5 Å². The second-order valence-corrected chi connectivity index (χ2v) is 8.03. The average molecular weight is 461 g/mol. The Morgan fingerprint density at radius 2 is 1.86 bits per heavy atom. The third-order valence-electron chi connectivity index (χ3n) is 4.69. The molecule has 7 heteroatoms. The molecule has 152 valence electrons. The van der Waals surface area contributed by atoms with Crippen LogP contribution in [0.15, 0.2) is 40.9 Å². The fourth-order valence-electron chi connectivity index (χ4n) is 3.38. The number of hydrogen-bond acceptors (Lipinski definition) is 3. The predicted octanol–water partition coefficient (Wildman–Crippen LogP) is 4.62. The maximum atomic E-state index is 14.5. The summed E-state index contributed by atoms with van der Waals surface area (Å²) in [4.78, 5) is 25.6. The average Bonchev–Trinajstić information content (AvgIpc) is 2.91. The minimum atomic E-state index is -0.569. The van der Waals surface area contributed by atoms with Crippen LogP contribution in [0.4, 0.5) is 4.39 Å². The van der Waals surface area contributed by atoms with Crippen molar-refractivity contribution in [1.82, 2.24) is 9.88 Å². The van der Waals surface area contributed by atoms with Crippen LogP contribution in [-0.2, 0) is 11.2 Å². The van der Waals surface area contributed by atoms with Gasteiger partial charge >= 0.3 is 0 Å². The van der Waals surface area contributed by atoms with Crippen LogP contribution < -0.4 is 10.1 Å². The SMILES string of the molecule is COc1cc2c(CC(=O)NC(C)C)c(C)n(C(=O)c3ccc(Br)cc3)c2cc1F. The molecule has 1 aromatic heterocycles. The van der Waals surface area contributed by atoms with Crippen molar-refractivity contribution in [2.24, 2.45) is 0 Å². The monoisotopic (exact) mass is 460 g/mol. The van der Waals surface area contributed by atoms with Crippen LogP contribution in [-0.4, -0.2) is 29.5 Å². The van der Waals surface area contributed by atoms with Gasteiger partial charge in [0.2, 0.25) is 5.91 Å². The van der Waals surface area contributed by atoms with E-state index < -0.39 is 5.82 Å². The Morgan fingerprint density at radius 1 is 1.21 bits per heavy atom. The van der Waals surface area contributed by atoms with Crippen molar-refractivity contribution in [3.8, 4) is 5.75 Å². The Bertz CT molecular complexity index is 1090. The normalized spacial score (nSPS) is 11.1. The Kier molecular flexibility index (Phi) is 6.07. The van der Waals surface area contributed by atoms with E-state index >= 15 is 0 Å². The molecular formula is C22H22BrFN2O3. The molecule has 1 heterocycles. The van der Waals surface area contributed by atoms with Crippen molar-refractivity contribution >= 4 is 38.6 Å². The summed E-state index contributed by atoms with van der Waals surface area (Å²) in [5, 5.41) is 3.47. The van der Waals surface area contributed by atoms with Gasteiger partial charge in [-0.05, 0) is 56.7 Å². The molecule has 0 aliphatic carbocycles. The predicted molar refractivity (Wildman–Crippen MR) is 114 cm³/mol. The van der Waals surface area contributed by atoms with Gasteiger partial charge in [0.15, 0.2) is 11.6 Å². The number of nitrogens with zero attached hydrogens (tertiary/aromatic N) is 1. The van der Waals surface area contributed by atoms with E-state index in [1.165, 1.54) is 17.7 Å². The number of methoxy groups -OCH3 is 1. The number of benzene rings is 2. The van der Waals surface area contributed by atoms with E-state index in [1.54, 1.807) is 37.3 Å². The van der Waals surface area contributed by atoms with Crippen molar-refractivity contribution in [1.29, 1.82) is 0 Å². The van der Waals surface area contributed by atoms with Crippen LogP contribution in [0.2, 0.25) is 0 Å². The van der Waals surface area contributed by atoms with Gasteiger partial charge in [-0.3, -0.25) is 14.2 Å². The minimum Gasteiger partial charge on any atom is -0.494 e. The molecule has 0 aliphatic rings. The number of nitrogens with one attached hydrogen (secondary N) is 1. The summed E-state index contributed by atoms with van der Waals surface area (Å²) in [6.07, 6.45) is 0.0793. The summed E-state index contributed by atoms with van der Waals surface area (Å²) in [7, 11) is 1.38. The molecule has 0 unspecified atom stereocenters. The summed E-state index contributed by atoms with van der Waals surface area (Å²) in [5.41, 5.74) is 2.13. The Balaban J connectivity index is 2.20. The number of halogens is 2. The Hall–Kier alpha value is -2.67. The number of ether oxygens (including phenoxy) is 1. The number of carbonyl (C=O) groups excluding carboxylic acids is 2. The molecule has 0 saturated heterocycles. The number of rotatable bonds is 5. The molecule has 0 saturated carbocycles. The fourth-order valence-corrected chi connectivity index (χ4v) is 3.64. The maximum Gasteiger partial charge on any atom is 0.262 e. The van der Waals surface area contributed by atoms with Crippen LogP contribution >= 0.6 is 15.9 Å². The van der Waals surface area contributed by atoms with Crippen LogP contribution in [0, 0.1) is 12.7 Å². The molecular weight excluding hydrogens is 439 g/mol. The first-order chi connectivity index (χ1) is 13.7. The van der Waals surface area contributed by atoms with Gasteiger partial charge in [0.25, 0.3) is 5.91 Å². The quantitative estimate of drug-likeness (QED) is 0.604. The standard InChI is InChI=1S/C22H22BrFN2O3/c1-12(2)25-21(27)10-16-13(3)26(22(28)14-5-7-15(23)8-6-14)19-11-18(24)20(29-4)9-17(16)19/h5-9,11-12H,10H2,1-4H3,(H,25,27). The summed E-state index contributed by atoms with van der Waals surface area (Å²) < 4.78 is 21.9. The van der Waals surface area contributed by atoms with Crippen molar-refractivity contribution in [2.75, 3.05) is 7.11 Å². The molecule has 0 spiro atoms. The van der Waals surface area contributed by atoms with Crippen LogP contribution in [0.25, 0.3) is 10.9 Å². The summed E-state index contributed by atoms with van der Waals surface area (Å²) in [6.45, 7) is 5.52. The number of hydrogen-bond donors (Lipinski definition) is 1. The fraction of sp³-hybridized carbons (Fsp3) is 0.273. The highest BCUT2D eigenvalue weighted by molar-refractivity contribution is 9.10. The van der Waals surface area contributed by atoms with Gasteiger partial charge < -0.3 is 10.1 Å². The molecule has 0 radical (unpaired) electrons. The van der Waals surface area contributed by atoms with Gasteiger partial charge in [-0.15, -0.1) is 0 Å². The summed E-state index contributed by atoms with van der Waals surface area (Å²) >= 11 is 3.36. The zero-order chi connectivity index (χ0) is 21.3. The van der Waals surface area contributed by atoms with Crippen LogP contribution in [0.3, 0.4) is 0 Å². The number of amides is 1. The number of fused-ring (bicyclic) bond motifs is 1. The summed E-state index contributed by atoms with van der Waals surface area (Å²) in [6, 6.07) is 9.75. The lowest BCUT2D eigenvalue weighted by atomic mass is 10.1. The van der Waals surface area contributed by atoms with Crippen LogP contribution in [0.5, 0.6) is 5.75 Å². The second-order valence-electron chi connectivity index (χ2n) is 7.11. The van der Waals surface area contributed by atoms with E-state index in [4.69, 9.17) is 4.74 Å². The Morgan fingerprint density at radius 3 is 2.45 bits per heavy atom. The summed E-state index contributed by atoms with van der Waals surface area (Å²) in [5.74, 6) is -0.960. The lowest BCUT2D eigenvalue weighted by molar-refractivity contribution is -0.120. The molecule has 1 amide bonds. The van der Waals surface area contributed by atoms with Gasteiger partial charge in [-0.2, -0.15) is 0 Å². The first kappa shape index (κ1) is 21.0. The van der Waals surface area contributed by atoms with Gasteiger partial charge in [-0.1, -0.05) is 15.9 Å². The number of carbonyl (C=O) groups is 2. The lowest BCUT2D eigenvalue weighted by Gasteiger charge is -2.09. The zero-order valence-corrected chi connectivity index (χ0v) is 18.3. The molecule has 3 aromatic rings. The lowest BCUT2D eigenvalue weighted by Crippen LogP contribution is -2.31. The van der Waals surface area contributed by atoms with Crippen molar-refractivity contribution < 1.29 is 18.7 Å². The van der Waals surface area contributed by atoms with E-state index in [1.807, 2.05) is 13.8 Å². The molecule has 29 heavy (non-hydrogen) atoms. The minimum absolute atomic E-state index is 0.00691. The van der Waals surface area contributed by atoms with E-state index in [2.05, 4.69) is 21.2 Å². The van der Waals surface area contributed by atoms with Gasteiger partial charge in [-0.25, -0.2) is 4.39 Å². The largest absolute Gasteiger partial charge is 0.494 e. The number of aromatic nitrogens is 1. The molecule has 0 atom stereocenters. The highest BCUT2D eigenvalue weighted by Gasteiger charge is 2.23. The highest BCUT2D eigenvalue weighted by Crippen LogP contribution is 2.32. The van der Waals surface area contributed by atoms with E-state index in [-0.39, 0.29) is 30.0 Å². The maximum absolute atomic E-state index is 14.5. The second kappa shape index (κ2) is 8.37. The molecule has 0 bridgehead atoms. The molecule has 0 fully saturated rings. The first-order valence-corrected chi connectivity index (χ1v) is 9.99. The topological polar surface area (TPSA) is 60.3 Å². The van der Waals surface area contributed by atoms with Gasteiger partial charge in [0.1, 0.15) is 0 Å². The smallest absolute Gasteiger partial charge is 0.262 e. The highest BCUT2D eigenvalue weighted by atomic mass is 79.9. The molecule has 2 aromatic carbocycles. The first-order valence-electron chi connectivity index (χ1n) is 9.20. The van der Waals surface area contributed by atoms with Gasteiger partial charge in [0, 0.05) is 33.2 Å². The third-order valence-corrected chi connectivity index (χ3v) is 5.22. The van der Waals surface area contributed by atoms with Crippen LogP contribution in [0.1, 0.15) is 35.5 Å². The van der Waals surface area contributed by atoms with E-state index in [0.717, 1.165) is 4.47 Å². The van der Waals surface area contributed by atoms with Gasteiger partial charge in [0.05, 0.1) is 19.0 Å². The zero-order valence-electron chi connectivity index (χ0n) is 16.7. The molecule has 1 N–H and O–H groups in total. The van der Waals surface area contributed by atoms with E-state index in [0.29, 0.717) is 27.7 Å². The van der Waals surface area contributed by atoms with Crippen molar-refractivity contribution in [2.45, 2.75) is 33.2 Å². The van der Waals surface area contributed by atoms with Crippen molar-refractivity contribution in [3.63, 3.8) is 0 Å². The third kappa shape index (κ3) is 4.19. The molecule has 3 rings (SSSR count). The molecule has 5 nitrogen and oxygen atoms in total.